The van der Waals surface area contributed by atoms with Gasteiger partial charge >= 0.3 is 0 Å². The van der Waals surface area contributed by atoms with Crippen molar-refractivity contribution < 1.29 is 14.3 Å². The maximum Gasteiger partial charge on any atom is 0.241 e. The van der Waals surface area contributed by atoms with Crippen LogP contribution in [-0.4, -0.2) is 41.7 Å². The molecular weight excluding hydrogens is 386 g/mol. The largest absolute Gasteiger partial charge is 0.454 e. The molecule has 0 unspecified atom stereocenters. The standard InChI is InChI=1S/C22H23N3O3S/c1-14(21(26)23-16-6-7-18-19(12-16)28-13-27-18)25-10-8-15(9-11-25)22-24-17-4-2-3-5-20(17)29-22/h2-7,12,14-15H,8-11,13H2,1H3,(H,23,26)/t14-/m1/s1. The molecule has 1 amide bonds. The highest BCUT2D eigenvalue weighted by atomic mass is 32.1. The Hall–Kier alpha value is -2.64. The predicted octanol–water partition coefficient (Wildman–Crippen LogP) is 4.23. The fourth-order valence-corrected chi connectivity index (χ4v) is 5.12. The molecule has 29 heavy (non-hydrogen) atoms. The number of nitrogens with one attached hydrogen (secondary N) is 1. The lowest BCUT2D eigenvalue weighted by atomic mass is 9.96. The molecule has 150 valence electrons. The molecule has 1 saturated heterocycles. The van der Waals surface area contributed by atoms with Crippen LogP contribution >= 0.6 is 11.3 Å². The van der Waals surface area contributed by atoms with Crippen molar-refractivity contribution in [1.82, 2.24) is 9.88 Å². The Morgan fingerprint density at radius 2 is 1.97 bits per heavy atom. The minimum atomic E-state index is -0.184. The van der Waals surface area contributed by atoms with E-state index in [4.69, 9.17) is 14.5 Å². The van der Waals surface area contributed by atoms with E-state index in [-0.39, 0.29) is 18.7 Å². The maximum atomic E-state index is 12.7. The minimum Gasteiger partial charge on any atom is -0.454 e. The third-order valence-electron chi connectivity index (χ3n) is 5.76. The summed E-state index contributed by atoms with van der Waals surface area (Å²) in [7, 11) is 0. The molecule has 0 spiro atoms. The lowest BCUT2D eigenvalue weighted by Gasteiger charge is -2.34. The van der Waals surface area contributed by atoms with Gasteiger partial charge in [0.05, 0.1) is 21.3 Å². The van der Waals surface area contributed by atoms with Gasteiger partial charge in [0.25, 0.3) is 0 Å². The van der Waals surface area contributed by atoms with E-state index in [9.17, 15) is 4.79 Å². The molecule has 1 N–H and O–H groups in total. The van der Waals surface area contributed by atoms with Crippen LogP contribution in [-0.2, 0) is 4.79 Å². The van der Waals surface area contributed by atoms with Crippen LogP contribution in [0.2, 0.25) is 0 Å². The third kappa shape index (κ3) is 3.68. The fourth-order valence-electron chi connectivity index (χ4n) is 3.99. The Balaban J connectivity index is 1.19. The van der Waals surface area contributed by atoms with Crippen LogP contribution in [0.4, 0.5) is 5.69 Å². The fraction of sp³-hybridized carbons (Fsp3) is 0.364. The molecule has 6 nitrogen and oxygen atoms in total. The molecule has 2 aromatic carbocycles. The number of aromatic nitrogens is 1. The zero-order valence-electron chi connectivity index (χ0n) is 16.3. The number of thiazole rings is 1. The summed E-state index contributed by atoms with van der Waals surface area (Å²) in [4.78, 5) is 19.8. The molecule has 0 aliphatic carbocycles. The van der Waals surface area contributed by atoms with E-state index in [1.165, 1.54) is 9.71 Å². The van der Waals surface area contributed by atoms with Gasteiger partial charge in [0, 0.05) is 17.7 Å². The van der Waals surface area contributed by atoms with Gasteiger partial charge in [0.1, 0.15) is 0 Å². The van der Waals surface area contributed by atoms with Crippen LogP contribution in [0.5, 0.6) is 11.5 Å². The Bertz CT molecular complexity index is 1010. The molecule has 1 atom stereocenters. The number of para-hydroxylation sites is 1. The molecule has 7 heteroatoms. The lowest BCUT2D eigenvalue weighted by molar-refractivity contribution is -0.121. The van der Waals surface area contributed by atoms with Crippen molar-refractivity contribution in [3.05, 3.63) is 47.5 Å². The van der Waals surface area contributed by atoms with Gasteiger partial charge in [-0.05, 0) is 57.1 Å². The number of hydrogen-bond acceptors (Lipinski definition) is 6. The van der Waals surface area contributed by atoms with Gasteiger partial charge in [-0.3, -0.25) is 9.69 Å². The molecule has 1 fully saturated rings. The summed E-state index contributed by atoms with van der Waals surface area (Å²) in [6.07, 6.45) is 2.06. The number of hydrogen-bond donors (Lipinski definition) is 1. The Morgan fingerprint density at radius 1 is 1.17 bits per heavy atom. The second-order valence-corrected chi connectivity index (χ2v) is 8.63. The van der Waals surface area contributed by atoms with Gasteiger partial charge in [-0.25, -0.2) is 4.98 Å². The molecule has 2 aliphatic rings. The number of amides is 1. The van der Waals surface area contributed by atoms with Crippen molar-refractivity contribution >= 4 is 33.1 Å². The number of carbonyl (C=O) groups is 1. The Kier molecular flexibility index (Phi) is 4.85. The van der Waals surface area contributed by atoms with Crippen molar-refractivity contribution in [1.29, 1.82) is 0 Å². The molecule has 1 aromatic heterocycles. The summed E-state index contributed by atoms with van der Waals surface area (Å²) in [6.45, 7) is 4.00. The number of rotatable bonds is 4. The van der Waals surface area contributed by atoms with E-state index < -0.39 is 0 Å². The molecule has 3 aromatic rings. The summed E-state index contributed by atoms with van der Waals surface area (Å²) in [5.41, 5.74) is 1.82. The second kappa shape index (κ2) is 7.65. The van der Waals surface area contributed by atoms with Crippen LogP contribution in [0.15, 0.2) is 42.5 Å². The first-order valence-corrected chi connectivity index (χ1v) is 10.8. The molecule has 5 rings (SSSR count). The number of anilines is 1. The highest BCUT2D eigenvalue weighted by Crippen LogP contribution is 2.35. The van der Waals surface area contributed by atoms with E-state index in [2.05, 4.69) is 28.4 Å². The van der Waals surface area contributed by atoms with Gasteiger partial charge in [0.2, 0.25) is 12.7 Å². The summed E-state index contributed by atoms with van der Waals surface area (Å²) in [5.74, 6) is 1.87. The van der Waals surface area contributed by atoms with Crippen LogP contribution in [0.3, 0.4) is 0 Å². The third-order valence-corrected chi connectivity index (χ3v) is 6.96. The number of benzene rings is 2. The number of ether oxygens (including phenoxy) is 2. The molecular formula is C22H23N3O3S. The van der Waals surface area contributed by atoms with Crippen LogP contribution in [0, 0.1) is 0 Å². The van der Waals surface area contributed by atoms with Crippen molar-refractivity contribution in [2.45, 2.75) is 31.7 Å². The van der Waals surface area contributed by atoms with E-state index in [1.807, 2.05) is 31.2 Å². The van der Waals surface area contributed by atoms with Crippen LogP contribution in [0.25, 0.3) is 10.2 Å². The summed E-state index contributed by atoms with van der Waals surface area (Å²) in [5, 5.41) is 4.23. The van der Waals surface area contributed by atoms with Gasteiger partial charge in [-0.15, -0.1) is 11.3 Å². The topological polar surface area (TPSA) is 63.7 Å². The quantitative estimate of drug-likeness (QED) is 0.699. The van der Waals surface area contributed by atoms with Crippen molar-refractivity contribution in [3.8, 4) is 11.5 Å². The Morgan fingerprint density at radius 3 is 2.79 bits per heavy atom. The average Bonchev–Trinajstić information content (AvgIpc) is 3.39. The first-order valence-electron chi connectivity index (χ1n) is 9.97. The monoisotopic (exact) mass is 409 g/mol. The van der Waals surface area contributed by atoms with E-state index in [0.717, 1.165) is 37.1 Å². The zero-order valence-corrected chi connectivity index (χ0v) is 17.1. The summed E-state index contributed by atoms with van der Waals surface area (Å²) < 4.78 is 12.0. The van der Waals surface area contributed by atoms with Crippen LogP contribution in [0.1, 0.15) is 30.7 Å². The van der Waals surface area contributed by atoms with Crippen LogP contribution < -0.4 is 14.8 Å². The van der Waals surface area contributed by atoms with E-state index in [1.54, 1.807) is 11.3 Å². The lowest BCUT2D eigenvalue weighted by Crippen LogP contribution is -2.45. The molecule has 3 heterocycles. The maximum absolute atomic E-state index is 12.7. The average molecular weight is 410 g/mol. The van der Waals surface area contributed by atoms with Crippen molar-refractivity contribution in [2.24, 2.45) is 0 Å². The van der Waals surface area contributed by atoms with Crippen molar-refractivity contribution in [2.75, 3.05) is 25.2 Å². The number of nitrogens with zero attached hydrogens (tertiary/aromatic N) is 2. The molecule has 2 aliphatic heterocycles. The number of carbonyl (C=O) groups excluding carboxylic acids is 1. The Labute approximate surface area is 173 Å². The molecule has 0 saturated carbocycles. The zero-order chi connectivity index (χ0) is 19.8. The summed E-state index contributed by atoms with van der Waals surface area (Å²) in [6, 6.07) is 13.6. The van der Waals surface area contributed by atoms with E-state index >= 15 is 0 Å². The van der Waals surface area contributed by atoms with Gasteiger partial charge in [-0.1, -0.05) is 12.1 Å². The SMILES string of the molecule is C[C@H](C(=O)Nc1ccc2c(c1)OCO2)N1CCC(c2nc3ccccc3s2)CC1. The smallest absolute Gasteiger partial charge is 0.241 e. The number of likely N-dealkylation sites (tertiary alicyclic amines) is 1. The summed E-state index contributed by atoms with van der Waals surface area (Å²) >= 11 is 1.80. The van der Waals surface area contributed by atoms with Gasteiger partial charge < -0.3 is 14.8 Å². The highest BCUT2D eigenvalue weighted by molar-refractivity contribution is 7.18. The van der Waals surface area contributed by atoms with Gasteiger partial charge in [0.15, 0.2) is 11.5 Å². The molecule has 0 bridgehead atoms. The van der Waals surface area contributed by atoms with E-state index in [0.29, 0.717) is 17.4 Å². The highest BCUT2D eigenvalue weighted by Gasteiger charge is 2.29. The minimum absolute atomic E-state index is 0.00213. The predicted molar refractivity (Wildman–Crippen MR) is 114 cm³/mol. The second-order valence-electron chi connectivity index (χ2n) is 7.56. The normalized spacial score (nSPS) is 18.1. The van der Waals surface area contributed by atoms with Crippen molar-refractivity contribution in [3.63, 3.8) is 0 Å². The van der Waals surface area contributed by atoms with Gasteiger partial charge in [-0.2, -0.15) is 0 Å². The number of fused-ring (bicyclic) bond motifs is 2. The first kappa shape index (κ1) is 18.4. The molecule has 0 radical (unpaired) electrons. The number of piperidine rings is 1. The first-order chi connectivity index (χ1) is 14.2.